The molecule has 0 spiro atoms. The summed E-state index contributed by atoms with van der Waals surface area (Å²) in [5, 5.41) is 12.7. The lowest BCUT2D eigenvalue weighted by atomic mass is 9.93. The minimum atomic E-state index is -4.63. The second kappa shape index (κ2) is 9.25. The minimum Gasteiger partial charge on any atom is -0.401 e. The molecule has 27 heavy (non-hydrogen) atoms. The molecule has 1 rings (SSSR count). The van der Waals surface area contributed by atoms with Crippen molar-refractivity contribution in [3.63, 3.8) is 0 Å². The highest BCUT2D eigenvalue weighted by Gasteiger charge is 2.35. The first-order chi connectivity index (χ1) is 12.5. The van der Waals surface area contributed by atoms with Crippen LogP contribution in [0.1, 0.15) is 27.2 Å². The van der Waals surface area contributed by atoms with Gasteiger partial charge in [-0.15, -0.1) is 0 Å². The lowest BCUT2D eigenvalue weighted by Crippen LogP contribution is -2.26. The highest BCUT2D eigenvalue weighted by molar-refractivity contribution is 5.96. The first-order valence-electron chi connectivity index (χ1n) is 8.37. The molecule has 1 aliphatic rings. The topological polar surface area (TPSA) is 86.3 Å². The number of allylic oxidation sites excluding steroid dienone is 4. The summed E-state index contributed by atoms with van der Waals surface area (Å²) in [6, 6.07) is 0. The van der Waals surface area contributed by atoms with Crippen LogP contribution in [-0.2, 0) is 0 Å². The third-order valence-electron chi connectivity index (χ3n) is 4.20. The van der Waals surface area contributed by atoms with Gasteiger partial charge in [-0.05, 0) is 25.2 Å². The van der Waals surface area contributed by atoms with Gasteiger partial charge in [0.1, 0.15) is 0 Å². The molecule has 0 radical (unpaired) electrons. The standard InChI is InChI=1S/C19H26F3N5/c1-6-25-9-15-17(24)7-11(2)12(3)8-18(15)27-14(5)26-10-16(13(4)23)19(20,21)22/h6,8-12,23,26-27H,1,5,7,24H2,2-4H3. The zero-order chi connectivity index (χ0) is 20.8. The van der Waals surface area contributed by atoms with E-state index in [0.29, 0.717) is 29.6 Å². The van der Waals surface area contributed by atoms with E-state index in [4.69, 9.17) is 11.1 Å². The number of nitrogens with two attached hydrogens (primary N) is 1. The molecule has 0 saturated heterocycles. The predicted molar refractivity (Wildman–Crippen MR) is 104 cm³/mol. The van der Waals surface area contributed by atoms with Gasteiger partial charge in [-0.1, -0.05) is 33.1 Å². The molecule has 8 heteroatoms. The zero-order valence-electron chi connectivity index (χ0n) is 15.7. The van der Waals surface area contributed by atoms with Crippen molar-refractivity contribution < 1.29 is 13.2 Å². The van der Waals surface area contributed by atoms with E-state index in [1.54, 1.807) is 6.21 Å². The number of hydrogen-bond donors (Lipinski definition) is 4. The Balaban J connectivity index is 3.11. The first-order valence-corrected chi connectivity index (χ1v) is 8.37. The molecule has 0 aliphatic heterocycles. The smallest absolute Gasteiger partial charge is 0.401 e. The summed E-state index contributed by atoms with van der Waals surface area (Å²) in [6.45, 7) is 12.4. The molecule has 0 amide bonds. The molecule has 2 atom stereocenters. The van der Waals surface area contributed by atoms with Crippen LogP contribution in [0.2, 0.25) is 0 Å². The molecule has 0 aromatic rings. The van der Waals surface area contributed by atoms with Crippen molar-refractivity contribution in [3.8, 4) is 0 Å². The Hall–Kier alpha value is -2.77. The summed E-state index contributed by atoms with van der Waals surface area (Å²) in [5.41, 5.74) is 6.37. The van der Waals surface area contributed by atoms with Crippen molar-refractivity contribution in [2.75, 3.05) is 0 Å². The Morgan fingerprint density at radius 3 is 2.56 bits per heavy atom. The van der Waals surface area contributed by atoms with Crippen LogP contribution >= 0.6 is 0 Å². The number of rotatable bonds is 7. The second-order valence-corrected chi connectivity index (χ2v) is 6.45. The Morgan fingerprint density at radius 1 is 1.41 bits per heavy atom. The average Bonchev–Trinajstić information content (AvgIpc) is 2.61. The van der Waals surface area contributed by atoms with Gasteiger partial charge in [0.2, 0.25) is 0 Å². The first kappa shape index (κ1) is 22.3. The lowest BCUT2D eigenvalue weighted by molar-refractivity contribution is -0.0864. The summed E-state index contributed by atoms with van der Waals surface area (Å²) in [4.78, 5) is 4.01. The summed E-state index contributed by atoms with van der Waals surface area (Å²) in [6.07, 6.45) is 1.61. The minimum absolute atomic E-state index is 0.114. The third-order valence-corrected chi connectivity index (χ3v) is 4.20. The molecular weight excluding hydrogens is 355 g/mol. The molecule has 1 aliphatic carbocycles. The van der Waals surface area contributed by atoms with E-state index in [0.717, 1.165) is 6.92 Å². The highest BCUT2D eigenvalue weighted by Crippen LogP contribution is 2.28. The van der Waals surface area contributed by atoms with Gasteiger partial charge in [-0.25, -0.2) is 0 Å². The number of nitrogens with one attached hydrogen (secondary N) is 3. The summed E-state index contributed by atoms with van der Waals surface area (Å²) < 4.78 is 38.8. The maximum atomic E-state index is 12.9. The third kappa shape index (κ3) is 6.47. The van der Waals surface area contributed by atoms with Crippen LogP contribution in [0.3, 0.4) is 0 Å². The largest absolute Gasteiger partial charge is 0.419 e. The summed E-state index contributed by atoms with van der Waals surface area (Å²) in [5.74, 6) is 0.580. The summed E-state index contributed by atoms with van der Waals surface area (Å²) in [7, 11) is 0. The predicted octanol–water partition coefficient (Wildman–Crippen LogP) is 4.11. The van der Waals surface area contributed by atoms with Crippen molar-refractivity contribution in [2.24, 2.45) is 22.6 Å². The maximum absolute atomic E-state index is 12.9. The van der Waals surface area contributed by atoms with Crippen molar-refractivity contribution in [3.05, 3.63) is 60.0 Å². The molecule has 0 aromatic carbocycles. The fourth-order valence-corrected chi connectivity index (χ4v) is 2.48. The van der Waals surface area contributed by atoms with E-state index in [1.807, 2.05) is 13.0 Å². The van der Waals surface area contributed by atoms with Crippen LogP contribution in [0, 0.1) is 17.2 Å². The Labute approximate surface area is 157 Å². The molecule has 2 unspecified atom stereocenters. The molecule has 0 saturated carbocycles. The van der Waals surface area contributed by atoms with Crippen LogP contribution in [0.25, 0.3) is 0 Å². The molecule has 0 bridgehead atoms. The van der Waals surface area contributed by atoms with Gasteiger partial charge in [0, 0.05) is 41.3 Å². The number of aliphatic imine (C=N–C) groups is 1. The zero-order valence-corrected chi connectivity index (χ0v) is 15.7. The van der Waals surface area contributed by atoms with Gasteiger partial charge in [0.05, 0.1) is 11.4 Å². The number of halogens is 3. The van der Waals surface area contributed by atoms with Gasteiger partial charge in [-0.3, -0.25) is 4.99 Å². The molecule has 0 fully saturated rings. The fourth-order valence-electron chi connectivity index (χ4n) is 2.48. The quantitative estimate of drug-likeness (QED) is 0.501. The van der Waals surface area contributed by atoms with Crippen LogP contribution in [0.4, 0.5) is 13.2 Å². The molecule has 148 valence electrons. The van der Waals surface area contributed by atoms with E-state index in [2.05, 4.69) is 35.7 Å². The van der Waals surface area contributed by atoms with Gasteiger partial charge in [0.15, 0.2) is 0 Å². The SMILES string of the molecule is C=CN=CC1=C(N)CC(C)C(C)C=C1NC(=C)NC=C(C(C)=N)C(F)(F)F. The monoisotopic (exact) mass is 381 g/mol. The van der Waals surface area contributed by atoms with Crippen molar-refractivity contribution in [1.82, 2.24) is 10.6 Å². The van der Waals surface area contributed by atoms with Crippen molar-refractivity contribution >= 4 is 11.9 Å². The van der Waals surface area contributed by atoms with E-state index in [9.17, 15) is 13.2 Å². The van der Waals surface area contributed by atoms with Crippen LogP contribution in [-0.4, -0.2) is 18.1 Å². The fraction of sp³-hybridized carbons (Fsp3) is 0.368. The lowest BCUT2D eigenvalue weighted by Gasteiger charge is -2.17. The van der Waals surface area contributed by atoms with Crippen molar-refractivity contribution in [1.29, 1.82) is 5.41 Å². The Morgan fingerprint density at radius 2 is 2.04 bits per heavy atom. The van der Waals surface area contributed by atoms with E-state index in [1.165, 1.54) is 6.20 Å². The number of hydrogen-bond acceptors (Lipinski definition) is 5. The van der Waals surface area contributed by atoms with Crippen LogP contribution in [0.5, 0.6) is 0 Å². The van der Waals surface area contributed by atoms with Gasteiger partial charge in [-0.2, -0.15) is 13.2 Å². The van der Waals surface area contributed by atoms with Crippen molar-refractivity contribution in [2.45, 2.75) is 33.4 Å². The van der Waals surface area contributed by atoms with E-state index in [-0.39, 0.29) is 17.7 Å². The average molecular weight is 381 g/mol. The summed E-state index contributed by atoms with van der Waals surface area (Å²) >= 11 is 0. The molecular formula is C19H26F3N5. The van der Waals surface area contributed by atoms with Gasteiger partial charge in [0.25, 0.3) is 0 Å². The van der Waals surface area contributed by atoms with Gasteiger partial charge < -0.3 is 21.8 Å². The second-order valence-electron chi connectivity index (χ2n) is 6.45. The van der Waals surface area contributed by atoms with Gasteiger partial charge >= 0.3 is 6.18 Å². The highest BCUT2D eigenvalue weighted by atomic mass is 19.4. The Kier molecular flexibility index (Phi) is 7.63. The molecule has 5 nitrogen and oxygen atoms in total. The Bertz CT molecular complexity index is 726. The van der Waals surface area contributed by atoms with Crippen LogP contribution in [0.15, 0.2) is 65.0 Å². The number of alkyl halides is 3. The molecule has 5 N–H and O–H groups in total. The van der Waals surface area contributed by atoms with Crippen LogP contribution < -0.4 is 16.4 Å². The number of nitrogens with zero attached hydrogens (tertiary/aromatic N) is 1. The normalized spacial score (nSPS) is 21.6. The van der Waals surface area contributed by atoms with E-state index < -0.39 is 17.5 Å². The molecule has 0 aromatic heterocycles. The molecule has 0 heterocycles. The maximum Gasteiger partial charge on any atom is 0.419 e. The van der Waals surface area contributed by atoms with E-state index >= 15 is 0 Å².